The van der Waals surface area contributed by atoms with E-state index in [2.05, 4.69) is 13.8 Å². The maximum absolute atomic E-state index is 12.5. The van der Waals surface area contributed by atoms with Gasteiger partial charge in [-0.05, 0) is 99.4 Å². The average molecular weight is 577 g/mol. The van der Waals surface area contributed by atoms with Crippen LogP contribution in [0.2, 0.25) is 0 Å². The number of aliphatic hydroxyl groups excluding tert-OH is 1. The standard InChI is InChI=1S/C32H48O9/c1-17-26(35)27(37-5)28(40-18(2)33)29(39-17)41-21-8-11-30(3)20(15-21)6-7-24-23(30)9-12-31(4)22(10-13-32(24,31)36)19-14-25(34)38-16-19/h14,17,20-24,26-29,35-36H,6-13,15-16H2,1-5H3/t17-,20+,21-,22-,23-,24-,26-,27+,28-,29-,30-,31+,32-/m0/s1. The molecule has 2 N–H and O–H groups in total. The van der Waals surface area contributed by atoms with Crippen molar-refractivity contribution >= 4 is 11.9 Å². The van der Waals surface area contributed by atoms with Gasteiger partial charge in [-0.15, -0.1) is 0 Å². The van der Waals surface area contributed by atoms with Crippen LogP contribution in [0.25, 0.3) is 0 Å². The molecule has 9 nitrogen and oxygen atoms in total. The minimum absolute atomic E-state index is 0.0488. The highest BCUT2D eigenvalue weighted by Crippen LogP contribution is 2.70. The molecule has 6 rings (SSSR count). The molecule has 0 aromatic rings. The highest BCUT2D eigenvalue weighted by molar-refractivity contribution is 5.85. The van der Waals surface area contributed by atoms with Crippen LogP contribution >= 0.6 is 0 Å². The van der Waals surface area contributed by atoms with Crippen LogP contribution in [-0.2, 0) is 33.3 Å². The van der Waals surface area contributed by atoms with Crippen LogP contribution in [0.3, 0.4) is 0 Å². The Morgan fingerprint density at radius 1 is 1.05 bits per heavy atom. The lowest BCUT2D eigenvalue weighted by Gasteiger charge is -2.64. The third-order valence-corrected chi connectivity index (χ3v) is 12.6. The SMILES string of the molecule is CO[C@@H]1[C@@H](O)[C@H](C)O[C@@H](O[C@H]2CC[C@@]3(C)[C@H](CC[C@H]4[C@@H]3CC[C@]3(C)[C@H](C5=CC(=O)OC5)CC[C@]43O)C2)[C@H]1OC(C)=O. The Hall–Kier alpha value is -1.52. The van der Waals surface area contributed by atoms with E-state index >= 15 is 0 Å². The Bertz CT molecular complexity index is 1080. The van der Waals surface area contributed by atoms with Crippen molar-refractivity contribution < 1.29 is 43.5 Å². The van der Waals surface area contributed by atoms with E-state index in [4.69, 9.17) is 23.7 Å². The molecule has 41 heavy (non-hydrogen) atoms. The molecule has 0 spiro atoms. The number of fused-ring (bicyclic) bond motifs is 5. The van der Waals surface area contributed by atoms with Gasteiger partial charge in [0.2, 0.25) is 0 Å². The van der Waals surface area contributed by atoms with E-state index in [0.29, 0.717) is 18.4 Å². The lowest BCUT2D eigenvalue weighted by molar-refractivity contribution is -0.315. The number of ether oxygens (including phenoxy) is 5. The highest BCUT2D eigenvalue weighted by Gasteiger charge is 2.67. The molecule has 0 unspecified atom stereocenters. The van der Waals surface area contributed by atoms with Gasteiger partial charge in [0.15, 0.2) is 12.4 Å². The molecule has 0 bridgehead atoms. The predicted octanol–water partition coefficient (Wildman–Crippen LogP) is 3.68. The number of methoxy groups -OCH3 is 1. The molecule has 230 valence electrons. The zero-order chi connectivity index (χ0) is 29.3. The lowest BCUT2D eigenvalue weighted by atomic mass is 9.43. The minimum atomic E-state index is -0.926. The van der Waals surface area contributed by atoms with Gasteiger partial charge in [0.05, 0.1) is 17.8 Å². The first-order valence-electron chi connectivity index (χ1n) is 15.7. The van der Waals surface area contributed by atoms with Crippen molar-refractivity contribution in [1.82, 2.24) is 0 Å². The summed E-state index contributed by atoms with van der Waals surface area (Å²) in [6.07, 6.45) is 6.35. The molecule has 4 saturated carbocycles. The molecular weight excluding hydrogens is 528 g/mol. The van der Waals surface area contributed by atoms with Crippen molar-refractivity contribution in [2.45, 2.75) is 128 Å². The normalized spacial score (nSPS) is 51.2. The van der Waals surface area contributed by atoms with Crippen molar-refractivity contribution in [3.63, 3.8) is 0 Å². The molecule has 0 aromatic heterocycles. The topological polar surface area (TPSA) is 121 Å². The lowest BCUT2D eigenvalue weighted by Crippen LogP contribution is -2.63. The molecule has 9 heteroatoms. The van der Waals surface area contributed by atoms with Gasteiger partial charge in [0.1, 0.15) is 18.8 Å². The molecule has 0 aromatic carbocycles. The quantitative estimate of drug-likeness (QED) is 0.373. The molecule has 6 aliphatic rings. The third kappa shape index (κ3) is 4.60. The number of carbonyl (C=O) groups excluding carboxylic acids is 2. The van der Waals surface area contributed by atoms with Gasteiger partial charge in [0, 0.05) is 25.5 Å². The molecule has 13 atom stereocenters. The maximum atomic E-state index is 12.5. The van der Waals surface area contributed by atoms with Gasteiger partial charge in [-0.25, -0.2) is 4.79 Å². The van der Waals surface area contributed by atoms with Crippen LogP contribution in [0.4, 0.5) is 0 Å². The molecule has 2 aliphatic heterocycles. The van der Waals surface area contributed by atoms with Gasteiger partial charge >= 0.3 is 11.9 Å². The van der Waals surface area contributed by atoms with Crippen molar-refractivity contribution in [2.75, 3.05) is 13.7 Å². The summed E-state index contributed by atoms with van der Waals surface area (Å²) < 4.78 is 28.9. The monoisotopic (exact) mass is 576 g/mol. The number of hydrogen-bond acceptors (Lipinski definition) is 9. The molecule has 5 fully saturated rings. The van der Waals surface area contributed by atoms with Gasteiger partial charge in [-0.2, -0.15) is 0 Å². The van der Waals surface area contributed by atoms with E-state index in [1.54, 1.807) is 13.0 Å². The van der Waals surface area contributed by atoms with Gasteiger partial charge < -0.3 is 33.9 Å². The van der Waals surface area contributed by atoms with Crippen LogP contribution in [0, 0.1) is 34.5 Å². The van der Waals surface area contributed by atoms with Gasteiger partial charge in [-0.3, -0.25) is 4.79 Å². The van der Waals surface area contributed by atoms with Crippen LogP contribution < -0.4 is 0 Å². The first-order chi connectivity index (χ1) is 19.4. The Morgan fingerprint density at radius 2 is 1.83 bits per heavy atom. The summed E-state index contributed by atoms with van der Waals surface area (Å²) in [6.45, 7) is 8.19. The second-order valence-corrected chi connectivity index (χ2v) is 14.3. The fourth-order valence-corrected chi connectivity index (χ4v) is 10.4. The summed E-state index contributed by atoms with van der Waals surface area (Å²) in [6, 6.07) is 0. The Balaban J connectivity index is 1.16. The summed E-state index contributed by atoms with van der Waals surface area (Å²) in [4.78, 5) is 23.7. The Morgan fingerprint density at radius 3 is 2.51 bits per heavy atom. The summed E-state index contributed by atoms with van der Waals surface area (Å²) in [5, 5.41) is 23.1. The zero-order valence-corrected chi connectivity index (χ0v) is 25.2. The van der Waals surface area contributed by atoms with E-state index < -0.39 is 42.3 Å². The van der Waals surface area contributed by atoms with Crippen molar-refractivity contribution in [2.24, 2.45) is 34.5 Å². The van der Waals surface area contributed by atoms with E-state index in [1.807, 2.05) is 0 Å². The predicted molar refractivity (Wildman–Crippen MR) is 147 cm³/mol. The van der Waals surface area contributed by atoms with Gasteiger partial charge in [0.25, 0.3) is 0 Å². The van der Waals surface area contributed by atoms with E-state index in [0.717, 1.165) is 63.4 Å². The summed E-state index contributed by atoms with van der Waals surface area (Å²) >= 11 is 0. The molecule has 0 amide bonds. The number of rotatable bonds is 5. The number of aliphatic hydroxyl groups is 2. The Labute approximate surface area is 243 Å². The van der Waals surface area contributed by atoms with Crippen LogP contribution in [-0.4, -0.2) is 78.3 Å². The molecule has 4 aliphatic carbocycles. The largest absolute Gasteiger partial charge is 0.458 e. The summed E-state index contributed by atoms with van der Waals surface area (Å²) in [5.74, 6) is 0.650. The average Bonchev–Trinajstić information content (AvgIpc) is 3.46. The van der Waals surface area contributed by atoms with Crippen LogP contribution in [0.5, 0.6) is 0 Å². The van der Waals surface area contributed by atoms with Crippen molar-refractivity contribution in [1.29, 1.82) is 0 Å². The number of hydrogen-bond donors (Lipinski definition) is 2. The van der Waals surface area contributed by atoms with E-state index in [-0.39, 0.29) is 34.7 Å². The van der Waals surface area contributed by atoms with Gasteiger partial charge in [-0.1, -0.05) is 13.8 Å². The van der Waals surface area contributed by atoms with Crippen molar-refractivity contribution in [3.05, 3.63) is 11.6 Å². The van der Waals surface area contributed by atoms with E-state index in [1.165, 1.54) is 14.0 Å². The fraction of sp³-hybridized carbons (Fsp3) is 0.875. The third-order valence-electron chi connectivity index (χ3n) is 12.6. The second kappa shape index (κ2) is 10.6. The highest BCUT2D eigenvalue weighted by atomic mass is 16.7. The first-order valence-corrected chi connectivity index (χ1v) is 15.7. The summed E-state index contributed by atoms with van der Waals surface area (Å²) in [7, 11) is 1.50. The zero-order valence-electron chi connectivity index (χ0n) is 25.2. The van der Waals surface area contributed by atoms with Crippen molar-refractivity contribution in [3.8, 4) is 0 Å². The molecule has 0 radical (unpaired) electrons. The minimum Gasteiger partial charge on any atom is -0.458 e. The van der Waals surface area contributed by atoms with E-state index in [9.17, 15) is 19.8 Å². The molecule has 1 saturated heterocycles. The first kappa shape index (κ1) is 29.5. The Kier molecular flexibility index (Phi) is 7.62. The summed E-state index contributed by atoms with van der Waals surface area (Å²) in [5.41, 5.74) is 0.221. The number of esters is 2. The fourth-order valence-electron chi connectivity index (χ4n) is 10.4. The molecule has 2 heterocycles. The van der Waals surface area contributed by atoms with Crippen LogP contribution in [0.15, 0.2) is 11.6 Å². The smallest absolute Gasteiger partial charge is 0.331 e. The number of cyclic esters (lactones) is 1. The van der Waals surface area contributed by atoms with Crippen LogP contribution in [0.1, 0.15) is 85.5 Å². The second-order valence-electron chi connectivity index (χ2n) is 14.3. The number of carbonyl (C=O) groups is 2. The molecular formula is C32H48O9. The maximum Gasteiger partial charge on any atom is 0.331 e.